The Bertz CT molecular complexity index is 551. The maximum Gasteiger partial charge on any atom is 0.191 e. The minimum atomic E-state index is 0. The van der Waals surface area contributed by atoms with Crippen LogP contribution in [-0.2, 0) is 0 Å². The van der Waals surface area contributed by atoms with Crippen LogP contribution in [-0.4, -0.2) is 56.7 Å². The molecule has 0 saturated carbocycles. The maximum atomic E-state index is 5.96. The second kappa shape index (κ2) is 13.2. The van der Waals surface area contributed by atoms with E-state index in [9.17, 15) is 0 Å². The summed E-state index contributed by atoms with van der Waals surface area (Å²) in [6.45, 7) is 11.6. The lowest BCUT2D eigenvalue weighted by Gasteiger charge is -2.32. The van der Waals surface area contributed by atoms with Crippen LogP contribution in [0.4, 0.5) is 0 Å². The monoisotopic (exact) mass is 488 g/mol. The number of likely N-dealkylation sites (tertiary alicyclic amines) is 1. The van der Waals surface area contributed by atoms with E-state index in [1.807, 2.05) is 7.05 Å². The molecule has 2 rings (SSSR count). The molecule has 0 unspecified atom stereocenters. The van der Waals surface area contributed by atoms with Gasteiger partial charge in [-0.15, -0.1) is 24.0 Å². The van der Waals surface area contributed by atoms with E-state index < -0.39 is 0 Å². The number of aliphatic imine (C=N–C) groups is 1. The van der Waals surface area contributed by atoms with Crippen molar-refractivity contribution in [3.8, 4) is 5.75 Å². The summed E-state index contributed by atoms with van der Waals surface area (Å²) in [7, 11) is 1.84. The van der Waals surface area contributed by atoms with Gasteiger partial charge in [0.25, 0.3) is 0 Å². The number of guanidine groups is 1. The predicted octanol–water partition coefficient (Wildman–Crippen LogP) is 3.73. The molecule has 1 aliphatic heterocycles. The van der Waals surface area contributed by atoms with E-state index in [1.54, 1.807) is 0 Å². The van der Waals surface area contributed by atoms with Crippen LogP contribution in [0.5, 0.6) is 5.75 Å². The first-order chi connectivity index (χ1) is 12.6. The molecule has 5 nitrogen and oxygen atoms in total. The van der Waals surface area contributed by atoms with Gasteiger partial charge in [0.2, 0.25) is 0 Å². The van der Waals surface area contributed by atoms with Crippen LogP contribution < -0.4 is 15.4 Å². The van der Waals surface area contributed by atoms with E-state index in [4.69, 9.17) is 4.74 Å². The van der Waals surface area contributed by atoms with Gasteiger partial charge in [-0.1, -0.05) is 25.1 Å². The van der Waals surface area contributed by atoms with Gasteiger partial charge in [0, 0.05) is 32.7 Å². The largest absolute Gasteiger partial charge is 0.493 e. The highest BCUT2D eigenvalue weighted by Gasteiger charge is 2.19. The third-order valence-electron chi connectivity index (χ3n) is 4.96. The number of ether oxygens (including phenoxy) is 1. The molecular weight excluding hydrogens is 451 g/mol. The first kappa shape index (κ1) is 24.0. The molecule has 27 heavy (non-hydrogen) atoms. The molecule has 1 heterocycles. The van der Waals surface area contributed by atoms with E-state index in [1.165, 1.54) is 50.0 Å². The molecule has 0 atom stereocenters. The summed E-state index contributed by atoms with van der Waals surface area (Å²) in [5.41, 5.74) is 2.40. The Hall–Kier alpha value is -1.02. The molecule has 1 fully saturated rings. The summed E-state index contributed by atoms with van der Waals surface area (Å²) >= 11 is 0. The molecule has 1 aromatic rings. The van der Waals surface area contributed by atoms with Gasteiger partial charge in [-0.25, -0.2) is 0 Å². The molecular formula is C21H37IN4O. The molecule has 1 saturated heterocycles. The number of halogens is 1. The second-order valence-corrected chi connectivity index (χ2v) is 7.18. The molecule has 0 amide bonds. The van der Waals surface area contributed by atoms with Crippen molar-refractivity contribution in [2.45, 2.75) is 52.5 Å². The smallest absolute Gasteiger partial charge is 0.191 e. The van der Waals surface area contributed by atoms with E-state index in [2.05, 4.69) is 59.5 Å². The Kier molecular flexibility index (Phi) is 11.7. The first-order valence-corrected chi connectivity index (χ1v) is 10.0. The fourth-order valence-corrected chi connectivity index (χ4v) is 3.49. The predicted molar refractivity (Wildman–Crippen MR) is 126 cm³/mol. The quantitative estimate of drug-likeness (QED) is 0.254. The number of benzene rings is 1. The number of hydrogen-bond acceptors (Lipinski definition) is 3. The fraction of sp³-hybridized carbons (Fsp3) is 0.667. The standard InChI is InChI=1S/C21H36N4O.HI/c1-5-13-25-14-10-19(11-15-25)24-21(22-4)23-12-7-16-26-20-17(2)8-6-9-18(20)3;/h6,8-9,19H,5,7,10-16H2,1-4H3,(H2,22,23,24);1H. The molecule has 0 spiro atoms. The van der Waals surface area contributed by atoms with Crippen LogP contribution in [0.1, 0.15) is 43.7 Å². The minimum Gasteiger partial charge on any atom is -0.493 e. The summed E-state index contributed by atoms with van der Waals surface area (Å²) < 4.78 is 5.96. The van der Waals surface area contributed by atoms with Crippen molar-refractivity contribution in [1.82, 2.24) is 15.5 Å². The molecule has 154 valence electrons. The van der Waals surface area contributed by atoms with Crippen molar-refractivity contribution in [3.63, 3.8) is 0 Å². The number of para-hydroxylation sites is 1. The number of piperidine rings is 1. The van der Waals surface area contributed by atoms with Crippen molar-refractivity contribution < 1.29 is 4.74 Å². The maximum absolute atomic E-state index is 5.96. The molecule has 0 radical (unpaired) electrons. The van der Waals surface area contributed by atoms with Gasteiger partial charge in [0.05, 0.1) is 6.61 Å². The van der Waals surface area contributed by atoms with Crippen LogP contribution in [0, 0.1) is 13.8 Å². The minimum absolute atomic E-state index is 0. The van der Waals surface area contributed by atoms with Gasteiger partial charge < -0.3 is 20.3 Å². The van der Waals surface area contributed by atoms with Gasteiger partial charge >= 0.3 is 0 Å². The Morgan fingerprint density at radius 3 is 2.48 bits per heavy atom. The van der Waals surface area contributed by atoms with Crippen molar-refractivity contribution in [2.75, 3.05) is 39.8 Å². The average Bonchev–Trinajstić information content (AvgIpc) is 2.64. The number of nitrogens with zero attached hydrogens (tertiary/aromatic N) is 2. The van der Waals surface area contributed by atoms with E-state index >= 15 is 0 Å². The molecule has 1 aliphatic rings. The second-order valence-electron chi connectivity index (χ2n) is 7.18. The van der Waals surface area contributed by atoms with Gasteiger partial charge in [-0.3, -0.25) is 4.99 Å². The average molecular weight is 488 g/mol. The third-order valence-corrected chi connectivity index (χ3v) is 4.96. The lowest BCUT2D eigenvalue weighted by molar-refractivity contribution is 0.206. The molecule has 0 aliphatic carbocycles. The number of aryl methyl sites for hydroxylation is 2. The molecule has 6 heteroatoms. The van der Waals surface area contributed by atoms with Gasteiger partial charge in [0.1, 0.15) is 5.75 Å². The first-order valence-electron chi connectivity index (χ1n) is 10.0. The topological polar surface area (TPSA) is 48.9 Å². The molecule has 0 aromatic heterocycles. The van der Waals surface area contributed by atoms with Crippen LogP contribution in [0.2, 0.25) is 0 Å². The zero-order chi connectivity index (χ0) is 18.8. The highest BCUT2D eigenvalue weighted by atomic mass is 127. The zero-order valence-electron chi connectivity index (χ0n) is 17.4. The fourth-order valence-electron chi connectivity index (χ4n) is 3.49. The van der Waals surface area contributed by atoms with Crippen LogP contribution in [0.25, 0.3) is 0 Å². The van der Waals surface area contributed by atoms with Crippen LogP contribution >= 0.6 is 24.0 Å². The SMILES string of the molecule is CCCN1CCC(NC(=NC)NCCCOc2c(C)cccc2C)CC1.I. The Morgan fingerprint density at radius 1 is 1.22 bits per heavy atom. The summed E-state index contributed by atoms with van der Waals surface area (Å²) in [5.74, 6) is 1.93. The van der Waals surface area contributed by atoms with Crippen LogP contribution in [0.3, 0.4) is 0 Å². The van der Waals surface area contributed by atoms with E-state index in [-0.39, 0.29) is 24.0 Å². The van der Waals surface area contributed by atoms with E-state index in [0.717, 1.165) is 24.7 Å². The van der Waals surface area contributed by atoms with Gasteiger partial charge in [-0.2, -0.15) is 0 Å². The number of nitrogens with one attached hydrogen (secondary N) is 2. The van der Waals surface area contributed by atoms with Crippen molar-refractivity contribution >= 4 is 29.9 Å². The van der Waals surface area contributed by atoms with Crippen molar-refractivity contribution in [2.24, 2.45) is 4.99 Å². The van der Waals surface area contributed by atoms with Crippen LogP contribution in [0.15, 0.2) is 23.2 Å². The highest BCUT2D eigenvalue weighted by molar-refractivity contribution is 14.0. The zero-order valence-corrected chi connectivity index (χ0v) is 19.7. The number of hydrogen-bond donors (Lipinski definition) is 2. The summed E-state index contributed by atoms with van der Waals surface area (Å²) in [6.07, 6.45) is 4.57. The normalized spacial score (nSPS) is 15.9. The highest BCUT2D eigenvalue weighted by Crippen LogP contribution is 2.22. The van der Waals surface area contributed by atoms with Gasteiger partial charge in [0.15, 0.2) is 5.96 Å². The third kappa shape index (κ3) is 8.25. The number of rotatable bonds is 8. The Labute approximate surface area is 182 Å². The van der Waals surface area contributed by atoms with Crippen molar-refractivity contribution in [1.29, 1.82) is 0 Å². The summed E-state index contributed by atoms with van der Waals surface area (Å²) in [4.78, 5) is 6.92. The Balaban J connectivity index is 0.00000364. The molecule has 0 bridgehead atoms. The van der Waals surface area contributed by atoms with Crippen molar-refractivity contribution in [3.05, 3.63) is 29.3 Å². The summed E-state index contributed by atoms with van der Waals surface area (Å²) in [6, 6.07) is 6.79. The molecule has 1 aromatic carbocycles. The molecule has 2 N–H and O–H groups in total. The lowest BCUT2D eigenvalue weighted by Crippen LogP contribution is -2.49. The van der Waals surface area contributed by atoms with E-state index in [0.29, 0.717) is 12.6 Å². The Morgan fingerprint density at radius 2 is 1.89 bits per heavy atom. The lowest BCUT2D eigenvalue weighted by atomic mass is 10.1. The van der Waals surface area contributed by atoms with Gasteiger partial charge in [-0.05, 0) is 57.2 Å². The summed E-state index contributed by atoms with van der Waals surface area (Å²) in [5, 5.41) is 6.98.